The van der Waals surface area contributed by atoms with Crippen LogP contribution in [0.5, 0.6) is 5.75 Å². The van der Waals surface area contributed by atoms with Crippen molar-refractivity contribution in [2.45, 2.75) is 45.1 Å². The van der Waals surface area contributed by atoms with Crippen molar-refractivity contribution >= 4 is 11.8 Å². The number of hydrogen-bond donors (Lipinski definition) is 3. The molecule has 0 aliphatic heterocycles. The number of benzene rings is 1. The van der Waals surface area contributed by atoms with Gasteiger partial charge in [0.05, 0.1) is 0 Å². The van der Waals surface area contributed by atoms with E-state index in [4.69, 9.17) is 9.84 Å². The van der Waals surface area contributed by atoms with Crippen molar-refractivity contribution in [3.8, 4) is 5.75 Å². The molecule has 3 N–H and O–H groups in total. The molecule has 1 rings (SSSR count). The number of hydrogen-bond acceptors (Lipinski definition) is 4. The fraction of sp³-hybridized carbons (Fsp3) is 0.500. The molecule has 0 aromatic heterocycles. The Labute approximate surface area is 125 Å². The first-order valence-electron chi connectivity index (χ1n) is 6.45. The second-order valence-electron chi connectivity index (χ2n) is 5.73. The van der Waals surface area contributed by atoms with Crippen LogP contribution in [0.3, 0.4) is 0 Å². The number of nitrogens with one attached hydrogen (secondary N) is 1. The predicted octanol–water partition coefficient (Wildman–Crippen LogP) is 3.20. The SMILES string of the molecule is CC(C)(C)OC(=O)Nc1ccc(CC(O)C(F)(F)F)c(O)c1. The van der Waals surface area contributed by atoms with E-state index >= 15 is 0 Å². The summed E-state index contributed by atoms with van der Waals surface area (Å²) < 4.78 is 41.8. The molecule has 1 atom stereocenters. The van der Waals surface area contributed by atoms with E-state index < -0.39 is 36.1 Å². The molecule has 0 fully saturated rings. The Balaban J connectivity index is 2.76. The Hall–Kier alpha value is -1.96. The molecule has 124 valence electrons. The number of phenolic OH excluding ortho intramolecular Hbond substituents is 1. The highest BCUT2D eigenvalue weighted by molar-refractivity contribution is 5.85. The molecule has 22 heavy (non-hydrogen) atoms. The van der Waals surface area contributed by atoms with Gasteiger partial charge in [0.15, 0.2) is 6.10 Å². The van der Waals surface area contributed by atoms with Crippen molar-refractivity contribution < 1.29 is 32.9 Å². The minimum absolute atomic E-state index is 0.0837. The lowest BCUT2D eigenvalue weighted by Gasteiger charge is -2.20. The van der Waals surface area contributed by atoms with Crippen molar-refractivity contribution in [1.29, 1.82) is 0 Å². The van der Waals surface area contributed by atoms with Crippen molar-refractivity contribution in [1.82, 2.24) is 0 Å². The molecular formula is C14H18F3NO4. The van der Waals surface area contributed by atoms with Gasteiger partial charge in [0.2, 0.25) is 0 Å². The minimum Gasteiger partial charge on any atom is -0.508 e. The van der Waals surface area contributed by atoms with Crippen LogP contribution >= 0.6 is 0 Å². The average Bonchev–Trinajstić information content (AvgIpc) is 2.28. The maximum Gasteiger partial charge on any atom is 0.414 e. The molecule has 8 heteroatoms. The summed E-state index contributed by atoms with van der Waals surface area (Å²) >= 11 is 0. The lowest BCUT2D eigenvalue weighted by molar-refractivity contribution is -0.203. The van der Waals surface area contributed by atoms with Crippen LogP contribution in [0.15, 0.2) is 18.2 Å². The quantitative estimate of drug-likeness (QED) is 0.799. The fourth-order valence-corrected chi connectivity index (χ4v) is 1.56. The highest BCUT2D eigenvalue weighted by Crippen LogP contribution is 2.28. The standard InChI is InChI=1S/C14H18F3NO4/c1-13(2,3)22-12(21)18-9-5-4-8(10(19)7-9)6-11(20)14(15,16)17/h4-5,7,11,19-20H,6H2,1-3H3,(H,18,21). The van der Waals surface area contributed by atoms with Gasteiger partial charge in [0, 0.05) is 18.2 Å². The van der Waals surface area contributed by atoms with Crippen molar-refractivity contribution in [2.75, 3.05) is 5.32 Å². The van der Waals surface area contributed by atoms with Crippen molar-refractivity contribution in [2.24, 2.45) is 0 Å². The highest BCUT2D eigenvalue weighted by atomic mass is 19.4. The highest BCUT2D eigenvalue weighted by Gasteiger charge is 2.38. The molecule has 0 heterocycles. The number of anilines is 1. The number of aromatic hydroxyl groups is 1. The monoisotopic (exact) mass is 321 g/mol. The number of aliphatic hydroxyl groups excluding tert-OH is 1. The van der Waals surface area contributed by atoms with Gasteiger partial charge in [-0.3, -0.25) is 5.32 Å². The van der Waals surface area contributed by atoms with E-state index in [1.807, 2.05) is 0 Å². The lowest BCUT2D eigenvalue weighted by Crippen LogP contribution is -2.30. The van der Waals surface area contributed by atoms with E-state index in [2.05, 4.69) is 5.32 Å². The molecule has 0 aliphatic rings. The fourth-order valence-electron chi connectivity index (χ4n) is 1.56. The first kappa shape index (κ1) is 18.1. The Morgan fingerprint density at radius 2 is 1.91 bits per heavy atom. The largest absolute Gasteiger partial charge is 0.508 e. The average molecular weight is 321 g/mol. The van der Waals surface area contributed by atoms with Gasteiger partial charge in [0.1, 0.15) is 11.4 Å². The minimum atomic E-state index is -4.76. The van der Waals surface area contributed by atoms with Gasteiger partial charge in [-0.05, 0) is 32.4 Å². The van der Waals surface area contributed by atoms with Crippen molar-refractivity contribution in [3.05, 3.63) is 23.8 Å². The zero-order valence-electron chi connectivity index (χ0n) is 12.4. The second kappa shape index (κ2) is 6.43. The van der Waals surface area contributed by atoms with Crippen LogP contribution in [-0.4, -0.2) is 34.2 Å². The lowest BCUT2D eigenvalue weighted by atomic mass is 10.1. The van der Waals surface area contributed by atoms with Gasteiger partial charge in [-0.2, -0.15) is 13.2 Å². The number of halogens is 3. The number of aliphatic hydroxyl groups is 1. The van der Waals surface area contributed by atoms with Crippen LogP contribution in [0.2, 0.25) is 0 Å². The Morgan fingerprint density at radius 3 is 2.36 bits per heavy atom. The maximum absolute atomic E-state index is 12.3. The molecule has 0 bridgehead atoms. The number of amides is 1. The molecule has 1 amide bonds. The van der Waals surface area contributed by atoms with Crippen LogP contribution in [0.25, 0.3) is 0 Å². The Bertz CT molecular complexity index is 538. The molecular weight excluding hydrogens is 303 g/mol. The Kier molecular flexibility index (Phi) is 5.29. The summed E-state index contributed by atoms with van der Waals surface area (Å²) in [5.41, 5.74) is -0.625. The normalized spacial score (nSPS) is 13.6. The van der Waals surface area contributed by atoms with Crippen LogP contribution < -0.4 is 5.32 Å². The molecule has 0 spiro atoms. The van der Waals surface area contributed by atoms with E-state index in [1.54, 1.807) is 20.8 Å². The Morgan fingerprint density at radius 1 is 1.32 bits per heavy atom. The maximum atomic E-state index is 12.3. The number of ether oxygens (including phenoxy) is 1. The van der Waals surface area contributed by atoms with E-state index in [1.165, 1.54) is 12.1 Å². The van der Waals surface area contributed by atoms with E-state index in [-0.39, 0.29) is 11.3 Å². The van der Waals surface area contributed by atoms with Gasteiger partial charge in [-0.15, -0.1) is 0 Å². The summed E-state index contributed by atoms with van der Waals surface area (Å²) in [5.74, 6) is -0.461. The third kappa shape index (κ3) is 5.80. The van der Waals surface area contributed by atoms with E-state index in [0.717, 1.165) is 6.07 Å². The van der Waals surface area contributed by atoms with Gasteiger partial charge >= 0.3 is 12.3 Å². The second-order valence-corrected chi connectivity index (χ2v) is 5.73. The van der Waals surface area contributed by atoms with Crippen LogP contribution in [0.4, 0.5) is 23.7 Å². The first-order valence-corrected chi connectivity index (χ1v) is 6.45. The van der Waals surface area contributed by atoms with Crippen molar-refractivity contribution in [3.63, 3.8) is 0 Å². The van der Waals surface area contributed by atoms with E-state index in [0.29, 0.717) is 0 Å². The zero-order valence-corrected chi connectivity index (χ0v) is 12.4. The van der Waals surface area contributed by atoms with Gasteiger partial charge < -0.3 is 14.9 Å². The first-order chi connectivity index (χ1) is 9.88. The zero-order chi connectivity index (χ0) is 17.1. The van der Waals surface area contributed by atoms with Gasteiger partial charge in [-0.25, -0.2) is 4.79 Å². The molecule has 0 saturated carbocycles. The number of phenols is 1. The van der Waals surface area contributed by atoms with Gasteiger partial charge in [0.25, 0.3) is 0 Å². The molecule has 0 radical (unpaired) electrons. The molecule has 0 saturated heterocycles. The topological polar surface area (TPSA) is 78.8 Å². The van der Waals surface area contributed by atoms with Gasteiger partial charge in [-0.1, -0.05) is 6.07 Å². The predicted molar refractivity (Wildman–Crippen MR) is 73.7 cm³/mol. The molecule has 1 aromatic carbocycles. The van der Waals surface area contributed by atoms with Crippen LogP contribution in [0, 0.1) is 0 Å². The summed E-state index contributed by atoms with van der Waals surface area (Å²) in [4.78, 5) is 11.5. The molecule has 0 aliphatic carbocycles. The van der Waals surface area contributed by atoms with E-state index in [9.17, 15) is 23.1 Å². The number of carbonyl (C=O) groups excluding carboxylic acids is 1. The summed E-state index contributed by atoms with van der Waals surface area (Å²) in [6.45, 7) is 5.02. The number of carbonyl (C=O) groups is 1. The smallest absolute Gasteiger partial charge is 0.414 e. The summed E-state index contributed by atoms with van der Waals surface area (Å²) in [6, 6.07) is 3.58. The van der Waals surface area contributed by atoms with Crippen LogP contribution in [-0.2, 0) is 11.2 Å². The third-order valence-electron chi connectivity index (χ3n) is 2.52. The van der Waals surface area contributed by atoms with Crippen LogP contribution in [0.1, 0.15) is 26.3 Å². The molecule has 5 nitrogen and oxygen atoms in total. The summed E-state index contributed by atoms with van der Waals surface area (Å²) in [7, 11) is 0. The number of rotatable bonds is 3. The summed E-state index contributed by atoms with van der Waals surface area (Å²) in [5, 5.41) is 21.0. The summed E-state index contributed by atoms with van der Waals surface area (Å²) in [6.07, 6.45) is -8.86. The molecule has 1 aromatic rings. The number of alkyl halides is 3. The molecule has 1 unspecified atom stereocenters. The third-order valence-corrected chi connectivity index (χ3v) is 2.52.